The summed E-state index contributed by atoms with van der Waals surface area (Å²) in [5.74, 6) is 0.947. The van der Waals surface area contributed by atoms with E-state index in [0.29, 0.717) is 17.8 Å². The lowest BCUT2D eigenvalue weighted by Crippen LogP contribution is -2.44. The van der Waals surface area contributed by atoms with Crippen molar-refractivity contribution >= 4 is 17.4 Å². The number of nitrogens with two attached hydrogens (primary N) is 1. The first-order valence-corrected chi connectivity index (χ1v) is 7.54. The van der Waals surface area contributed by atoms with Gasteiger partial charge in [0.2, 0.25) is 0 Å². The molecule has 1 aromatic rings. The molecule has 2 unspecified atom stereocenters. The van der Waals surface area contributed by atoms with Crippen molar-refractivity contribution in [3.63, 3.8) is 0 Å². The predicted molar refractivity (Wildman–Crippen MR) is 77.9 cm³/mol. The van der Waals surface area contributed by atoms with E-state index in [1.54, 1.807) is 12.1 Å². The van der Waals surface area contributed by atoms with Gasteiger partial charge in [0, 0.05) is 29.3 Å². The van der Waals surface area contributed by atoms with Gasteiger partial charge in [-0.1, -0.05) is 6.92 Å². The SMILES string of the molecule is CC1SCCN(c2cc(F)cc(CCN)c2)C1C. The van der Waals surface area contributed by atoms with Gasteiger partial charge in [-0.25, -0.2) is 4.39 Å². The lowest BCUT2D eigenvalue weighted by atomic mass is 10.1. The molecule has 18 heavy (non-hydrogen) atoms. The van der Waals surface area contributed by atoms with E-state index in [1.165, 1.54) is 0 Å². The molecule has 1 aliphatic heterocycles. The van der Waals surface area contributed by atoms with Crippen molar-refractivity contribution in [2.45, 2.75) is 31.6 Å². The van der Waals surface area contributed by atoms with Gasteiger partial charge in [-0.15, -0.1) is 0 Å². The number of rotatable bonds is 3. The molecule has 0 spiro atoms. The molecule has 0 radical (unpaired) electrons. The Morgan fingerprint density at radius 3 is 2.89 bits per heavy atom. The van der Waals surface area contributed by atoms with E-state index in [-0.39, 0.29) is 5.82 Å². The second kappa shape index (κ2) is 5.93. The highest BCUT2D eigenvalue weighted by Crippen LogP contribution is 2.30. The summed E-state index contributed by atoms with van der Waals surface area (Å²) >= 11 is 1.99. The third kappa shape index (κ3) is 2.98. The van der Waals surface area contributed by atoms with E-state index in [4.69, 9.17) is 5.73 Å². The zero-order chi connectivity index (χ0) is 13.1. The van der Waals surface area contributed by atoms with E-state index in [2.05, 4.69) is 24.8 Å². The summed E-state index contributed by atoms with van der Waals surface area (Å²) in [5.41, 5.74) is 7.54. The molecule has 100 valence electrons. The molecule has 4 heteroatoms. The maximum atomic E-state index is 13.7. The van der Waals surface area contributed by atoms with Crippen molar-refractivity contribution in [1.29, 1.82) is 0 Å². The summed E-state index contributed by atoms with van der Waals surface area (Å²) in [4.78, 5) is 2.31. The fourth-order valence-corrected chi connectivity index (χ4v) is 3.51. The molecule has 2 N–H and O–H groups in total. The standard InChI is InChI=1S/C14H21FN2S/c1-10-11(2)18-6-5-17(10)14-8-12(3-4-16)7-13(15)9-14/h7-11H,3-6,16H2,1-2H3. The molecule has 1 aromatic carbocycles. The van der Waals surface area contributed by atoms with Crippen LogP contribution in [0.1, 0.15) is 19.4 Å². The first-order chi connectivity index (χ1) is 8.61. The number of halogens is 1. The summed E-state index contributed by atoms with van der Waals surface area (Å²) in [6.07, 6.45) is 0.733. The monoisotopic (exact) mass is 268 g/mol. The molecule has 0 aliphatic carbocycles. The van der Waals surface area contributed by atoms with Crippen LogP contribution in [0.3, 0.4) is 0 Å². The number of thioether (sulfide) groups is 1. The zero-order valence-corrected chi connectivity index (χ0v) is 11.8. The second-order valence-corrected chi connectivity index (χ2v) is 6.35. The van der Waals surface area contributed by atoms with Gasteiger partial charge in [0.15, 0.2) is 0 Å². The normalized spacial score (nSPS) is 24.3. The Balaban J connectivity index is 2.26. The lowest BCUT2D eigenvalue weighted by molar-refractivity contribution is 0.608. The van der Waals surface area contributed by atoms with Crippen LogP contribution >= 0.6 is 11.8 Å². The van der Waals surface area contributed by atoms with Crippen LogP contribution in [0.5, 0.6) is 0 Å². The van der Waals surface area contributed by atoms with Gasteiger partial charge in [-0.3, -0.25) is 0 Å². The summed E-state index contributed by atoms with van der Waals surface area (Å²) in [7, 11) is 0. The Morgan fingerprint density at radius 1 is 1.39 bits per heavy atom. The van der Waals surface area contributed by atoms with E-state index >= 15 is 0 Å². The molecule has 1 saturated heterocycles. The molecule has 0 aromatic heterocycles. The van der Waals surface area contributed by atoms with Crippen molar-refractivity contribution in [2.24, 2.45) is 5.73 Å². The first-order valence-electron chi connectivity index (χ1n) is 6.49. The summed E-state index contributed by atoms with van der Waals surface area (Å²) in [6, 6.07) is 5.74. The van der Waals surface area contributed by atoms with E-state index < -0.39 is 0 Å². The predicted octanol–water partition coefficient (Wildman–Crippen LogP) is 2.66. The molecule has 2 rings (SSSR count). The van der Waals surface area contributed by atoms with Crippen LogP contribution in [0.4, 0.5) is 10.1 Å². The molecule has 1 heterocycles. The smallest absolute Gasteiger partial charge is 0.125 e. The van der Waals surface area contributed by atoms with Gasteiger partial charge < -0.3 is 10.6 Å². The highest BCUT2D eigenvalue weighted by Gasteiger charge is 2.25. The van der Waals surface area contributed by atoms with Crippen LogP contribution < -0.4 is 10.6 Å². The molecule has 2 atom stereocenters. The van der Waals surface area contributed by atoms with Gasteiger partial charge in [0.1, 0.15) is 5.82 Å². The summed E-state index contributed by atoms with van der Waals surface area (Å²) in [6.45, 7) is 6.00. The van der Waals surface area contributed by atoms with Gasteiger partial charge in [-0.2, -0.15) is 11.8 Å². The number of hydrogen-bond acceptors (Lipinski definition) is 3. The Morgan fingerprint density at radius 2 is 2.17 bits per heavy atom. The molecule has 1 fully saturated rings. The van der Waals surface area contributed by atoms with Crippen molar-refractivity contribution in [1.82, 2.24) is 0 Å². The fraction of sp³-hybridized carbons (Fsp3) is 0.571. The van der Waals surface area contributed by atoms with Crippen molar-refractivity contribution in [3.05, 3.63) is 29.6 Å². The maximum Gasteiger partial charge on any atom is 0.125 e. The van der Waals surface area contributed by atoms with Crippen LogP contribution in [0, 0.1) is 5.82 Å². The topological polar surface area (TPSA) is 29.3 Å². The number of anilines is 1. The van der Waals surface area contributed by atoms with Gasteiger partial charge in [0.25, 0.3) is 0 Å². The molecule has 2 nitrogen and oxygen atoms in total. The Bertz CT molecular complexity index is 411. The summed E-state index contributed by atoms with van der Waals surface area (Å²) in [5, 5.41) is 0.583. The van der Waals surface area contributed by atoms with Crippen LogP contribution in [0.15, 0.2) is 18.2 Å². The van der Waals surface area contributed by atoms with Crippen molar-refractivity contribution in [3.8, 4) is 0 Å². The third-order valence-corrected chi connectivity index (χ3v) is 4.93. The van der Waals surface area contributed by atoms with Gasteiger partial charge in [0.05, 0.1) is 0 Å². The fourth-order valence-electron chi connectivity index (χ4n) is 2.41. The van der Waals surface area contributed by atoms with E-state index in [0.717, 1.165) is 30.0 Å². The van der Waals surface area contributed by atoms with Gasteiger partial charge in [-0.05, 0) is 43.7 Å². The molecule has 0 bridgehead atoms. The van der Waals surface area contributed by atoms with E-state index in [1.807, 2.05) is 11.8 Å². The van der Waals surface area contributed by atoms with E-state index in [9.17, 15) is 4.39 Å². The summed E-state index contributed by atoms with van der Waals surface area (Å²) < 4.78 is 13.7. The molecule has 1 aliphatic rings. The van der Waals surface area contributed by atoms with Crippen LogP contribution in [-0.2, 0) is 6.42 Å². The Labute approximate surface area is 113 Å². The lowest BCUT2D eigenvalue weighted by Gasteiger charge is -2.39. The number of benzene rings is 1. The average molecular weight is 268 g/mol. The third-order valence-electron chi connectivity index (χ3n) is 3.59. The first kappa shape index (κ1) is 13.7. The van der Waals surface area contributed by atoms with Crippen molar-refractivity contribution < 1.29 is 4.39 Å². The second-order valence-electron chi connectivity index (χ2n) is 4.87. The zero-order valence-electron chi connectivity index (χ0n) is 11.0. The van der Waals surface area contributed by atoms with Gasteiger partial charge >= 0.3 is 0 Å². The minimum Gasteiger partial charge on any atom is -0.367 e. The highest BCUT2D eigenvalue weighted by atomic mass is 32.2. The molecular weight excluding hydrogens is 247 g/mol. The highest BCUT2D eigenvalue weighted by molar-refractivity contribution is 8.00. The molecular formula is C14H21FN2S. The average Bonchev–Trinajstić information content (AvgIpc) is 2.32. The quantitative estimate of drug-likeness (QED) is 0.914. The molecule has 0 saturated carbocycles. The molecule has 0 amide bonds. The van der Waals surface area contributed by atoms with Crippen LogP contribution in [0.25, 0.3) is 0 Å². The Kier molecular flexibility index (Phi) is 4.51. The van der Waals surface area contributed by atoms with Crippen LogP contribution in [-0.4, -0.2) is 30.1 Å². The largest absolute Gasteiger partial charge is 0.367 e. The number of nitrogens with zero attached hydrogens (tertiary/aromatic N) is 1. The maximum absolute atomic E-state index is 13.7. The minimum absolute atomic E-state index is 0.158. The van der Waals surface area contributed by atoms with Crippen LogP contribution in [0.2, 0.25) is 0 Å². The Hall–Kier alpha value is -0.740. The van der Waals surface area contributed by atoms with Crippen molar-refractivity contribution in [2.75, 3.05) is 23.7 Å². The number of hydrogen-bond donors (Lipinski definition) is 1. The minimum atomic E-state index is -0.158.